The summed E-state index contributed by atoms with van der Waals surface area (Å²) in [6.45, 7) is 0. The largest absolute Gasteiger partial charge is 0.383 e. The topological polar surface area (TPSA) is 85.4 Å². The summed E-state index contributed by atoms with van der Waals surface area (Å²) in [4.78, 5) is 4.01. The first-order valence-corrected chi connectivity index (χ1v) is 5.49. The van der Waals surface area contributed by atoms with Gasteiger partial charge in [-0.1, -0.05) is 0 Å². The molecule has 0 aliphatic rings. The number of nitrogens with one attached hydrogen (secondary N) is 1. The van der Waals surface area contributed by atoms with Gasteiger partial charge in [0.1, 0.15) is 11.5 Å². The van der Waals surface area contributed by atoms with Crippen molar-refractivity contribution in [2.45, 2.75) is 0 Å². The van der Waals surface area contributed by atoms with Crippen molar-refractivity contribution >= 4 is 5.82 Å². The van der Waals surface area contributed by atoms with Crippen LogP contribution in [-0.4, -0.2) is 25.0 Å². The number of H-pyrrole nitrogens is 1. The Labute approximate surface area is 103 Å². The van der Waals surface area contributed by atoms with E-state index in [1.54, 1.807) is 29.5 Å². The van der Waals surface area contributed by atoms with Crippen molar-refractivity contribution in [3.63, 3.8) is 0 Å². The van der Waals surface area contributed by atoms with Crippen LogP contribution in [0.1, 0.15) is 0 Å². The van der Waals surface area contributed by atoms with Crippen LogP contribution in [0.5, 0.6) is 0 Å². The molecule has 0 amide bonds. The van der Waals surface area contributed by atoms with E-state index in [9.17, 15) is 0 Å². The zero-order valence-corrected chi connectivity index (χ0v) is 9.83. The van der Waals surface area contributed by atoms with Gasteiger partial charge in [0.15, 0.2) is 0 Å². The molecular formula is C12H12N6. The first-order valence-electron chi connectivity index (χ1n) is 5.49. The number of hydrogen-bond donors (Lipinski definition) is 2. The Kier molecular flexibility index (Phi) is 2.33. The number of hydrogen-bond acceptors (Lipinski definition) is 4. The number of nitrogen functional groups attached to an aromatic ring is 1. The summed E-state index contributed by atoms with van der Waals surface area (Å²) in [5, 5.41) is 11.2. The quantitative estimate of drug-likeness (QED) is 0.710. The highest BCUT2D eigenvalue weighted by Crippen LogP contribution is 2.34. The molecule has 6 nitrogen and oxygen atoms in total. The number of pyridine rings is 1. The molecule has 0 atom stereocenters. The van der Waals surface area contributed by atoms with Gasteiger partial charge in [0, 0.05) is 31.2 Å². The van der Waals surface area contributed by atoms with Crippen LogP contribution >= 0.6 is 0 Å². The van der Waals surface area contributed by atoms with Crippen LogP contribution in [0.2, 0.25) is 0 Å². The van der Waals surface area contributed by atoms with Crippen molar-refractivity contribution < 1.29 is 0 Å². The van der Waals surface area contributed by atoms with E-state index in [0.717, 1.165) is 22.4 Å². The summed E-state index contributed by atoms with van der Waals surface area (Å²) in [5.74, 6) is 0.623. The van der Waals surface area contributed by atoms with Crippen LogP contribution in [0.25, 0.3) is 22.4 Å². The molecule has 0 radical (unpaired) electrons. The molecule has 3 aromatic rings. The molecule has 6 heteroatoms. The molecule has 3 heterocycles. The van der Waals surface area contributed by atoms with Crippen molar-refractivity contribution in [1.29, 1.82) is 0 Å². The lowest BCUT2D eigenvalue weighted by atomic mass is 10.0. The maximum atomic E-state index is 6.09. The van der Waals surface area contributed by atoms with Crippen molar-refractivity contribution in [3.8, 4) is 22.4 Å². The van der Waals surface area contributed by atoms with Crippen molar-refractivity contribution in [2.75, 3.05) is 5.73 Å². The zero-order valence-electron chi connectivity index (χ0n) is 9.83. The average Bonchev–Trinajstić information content (AvgIpc) is 3.00. The second kappa shape index (κ2) is 3.99. The molecule has 3 rings (SSSR count). The molecule has 0 spiro atoms. The normalized spacial score (nSPS) is 10.7. The first-order chi connectivity index (χ1) is 8.77. The predicted molar refractivity (Wildman–Crippen MR) is 68.4 cm³/mol. The Morgan fingerprint density at radius 1 is 1.22 bits per heavy atom. The summed E-state index contributed by atoms with van der Waals surface area (Å²) in [7, 11) is 1.82. The fourth-order valence-corrected chi connectivity index (χ4v) is 1.92. The monoisotopic (exact) mass is 240 g/mol. The number of nitrogens with zero attached hydrogens (tertiary/aromatic N) is 4. The summed E-state index contributed by atoms with van der Waals surface area (Å²) in [5.41, 5.74) is 9.71. The maximum absolute atomic E-state index is 6.09. The minimum Gasteiger partial charge on any atom is -0.383 e. The van der Waals surface area contributed by atoms with Gasteiger partial charge in [0.2, 0.25) is 0 Å². The average molecular weight is 240 g/mol. The van der Waals surface area contributed by atoms with Crippen LogP contribution in [-0.2, 0) is 7.05 Å². The lowest BCUT2D eigenvalue weighted by Crippen LogP contribution is -1.97. The molecule has 0 aliphatic carbocycles. The van der Waals surface area contributed by atoms with E-state index >= 15 is 0 Å². The van der Waals surface area contributed by atoms with E-state index in [1.165, 1.54) is 0 Å². The van der Waals surface area contributed by atoms with Crippen molar-refractivity contribution in [1.82, 2.24) is 25.0 Å². The van der Waals surface area contributed by atoms with Crippen LogP contribution in [0, 0.1) is 0 Å². The molecule has 3 aromatic heterocycles. The highest BCUT2D eigenvalue weighted by Gasteiger charge is 2.17. The zero-order chi connectivity index (χ0) is 12.5. The molecule has 0 bridgehead atoms. The van der Waals surface area contributed by atoms with Crippen molar-refractivity contribution in [2.24, 2.45) is 7.05 Å². The molecule has 0 aliphatic heterocycles. The van der Waals surface area contributed by atoms with Gasteiger partial charge in [-0.25, -0.2) is 0 Å². The van der Waals surface area contributed by atoms with Crippen LogP contribution in [0.15, 0.2) is 36.9 Å². The standard InChI is InChI=1S/C12H12N6/c1-18-12(13)10(8-2-4-14-5-3-8)11(17-18)9-6-15-16-7-9/h2-7H,13H2,1H3,(H,15,16). The van der Waals surface area contributed by atoms with E-state index in [0.29, 0.717) is 5.82 Å². The smallest absolute Gasteiger partial charge is 0.129 e. The van der Waals surface area contributed by atoms with Gasteiger partial charge in [-0.05, 0) is 17.7 Å². The number of aromatic nitrogens is 5. The minimum absolute atomic E-state index is 0.623. The lowest BCUT2D eigenvalue weighted by molar-refractivity contribution is 0.782. The van der Waals surface area contributed by atoms with E-state index in [-0.39, 0.29) is 0 Å². The third-order valence-corrected chi connectivity index (χ3v) is 2.83. The van der Waals surface area contributed by atoms with Crippen LogP contribution in [0.3, 0.4) is 0 Å². The Morgan fingerprint density at radius 3 is 2.67 bits per heavy atom. The Hall–Kier alpha value is -2.63. The summed E-state index contributed by atoms with van der Waals surface area (Å²) >= 11 is 0. The number of rotatable bonds is 2. The fraction of sp³-hybridized carbons (Fsp3) is 0.0833. The lowest BCUT2D eigenvalue weighted by Gasteiger charge is -2.02. The molecule has 90 valence electrons. The van der Waals surface area contributed by atoms with E-state index in [1.807, 2.05) is 19.2 Å². The molecule has 0 saturated heterocycles. The van der Waals surface area contributed by atoms with Crippen LogP contribution in [0.4, 0.5) is 5.82 Å². The molecule has 0 fully saturated rings. The number of aryl methyl sites for hydroxylation is 1. The van der Waals surface area contributed by atoms with Crippen molar-refractivity contribution in [3.05, 3.63) is 36.9 Å². The molecule has 0 unspecified atom stereocenters. The van der Waals surface area contributed by atoms with E-state index in [4.69, 9.17) is 5.73 Å². The van der Waals surface area contributed by atoms with Gasteiger partial charge in [-0.3, -0.25) is 14.8 Å². The summed E-state index contributed by atoms with van der Waals surface area (Å²) in [6.07, 6.45) is 7.00. The van der Waals surface area contributed by atoms with E-state index < -0.39 is 0 Å². The van der Waals surface area contributed by atoms with E-state index in [2.05, 4.69) is 20.3 Å². The minimum atomic E-state index is 0.623. The van der Waals surface area contributed by atoms with Crippen LogP contribution < -0.4 is 5.73 Å². The maximum Gasteiger partial charge on any atom is 0.129 e. The van der Waals surface area contributed by atoms with Gasteiger partial charge in [-0.15, -0.1) is 0 Å². The highest BCUT2D eigenvalue weighted by atomic mass is 15.3. The molecule has 3 N–H and O–H groups in total. The third kappa shape index (κ3) is 1.55. The number of anilines is 1. The van der Waals surface area contributed by atoms with Gasteiger partial charge < -0.3 is 5.73 Å². The fourth-order valence-electron chi connectivity index (χ4n) is 1.92. The third-order valence-electron chi connectivity index (χ3n) is 2.83. The predicted octanol–water partition coefficient (Wildman–Crippen LogP) is 1.45. The Balaban J connectivity index is 2.26. The Bertz CT molecular complexity index is 653. The SMILES string of the molecule is Cn1nc(-c2cn[nH]c2)c(-c2ccncc2)c1N. The molecule has 18 heavy (non-hydrogen) atoms. The number of nitrogens with two attached hydrogens (primary N) is 1. The summed E-state index contributed by atoms with van der Waals surface area (Å²) in [6, 6.07) is 3.83. The molecule has 0 saturated carbocycles. The Morgan fingerprint density at radius 2 is 2.00 bits per heavy atom. The second-order valence-electron chi connectivity index (χ2n) is 3.96. The number of aromatic amines is 1. The van der Waals surface area contributed by atoms with Gasteiger partial charge in [-0.2, -0.15) is 10.2 Å². The molecule has 0 aromatic carbocycles. The van der Waals surface area contributed by atoms with Gasteiger partial charge >= 0.3 is 0 Å². The second-order valence-corrected chi connectivity index (χ2v) is 3.96. The first kappa shape index (κ1) is 10.5. The van der Waals surface area contributed by atoms with Gasteiger partial charge in [0.25, 0.3) is 0 Å². The van der Waals surface area contributed by atoms with Gasteiger partial charge in [0.05, 0.1) is 11.8 Å². The summed E-state index contributed by atoms with van der Waals surface area (Å²) < 4.78 is 1.66. The highest BCUT2D eigenvalue weighted by molar-refractivity contribution is 5.87. The molecular weight excluding hydrogens is 228 g/mol.